The molecule has 5 nitrogen and oxygen atoms in total. The van der Waals surface area contributed by atoms with E-state index in [9.17, 15) is 14.7 Å². The molecule has 0 bridgehead atoms. The highest BCUT2D eigenvalue weighted by Gasteiger charge is 2.41. The third kappa shape index (κ3) is 4.49. The zero-order chi connectivity index (χ0) is 14.5. The van der Waals surface area contributed by atoms with Crippen LogP contribution in [0, 0.1) is 5.92 Å². The van der Waals surface area contributed by atoms with E-state index < -0.39 is 11.5 Å². The Labute approximate surface area is 115 Å². The number of nitrogens with zero attached hydrogens (tertiary/aromatic N) is 1. The minimum absolute atomic E-state index is 0.0741. The van der Waals surface area contributed by atoms with E-state index in [4.69, 9.17) is 0 Å². The summed E-state index contributed by atoms with van der Waals surface area (Å²) >= 11 is 0. The molecule has 1 atom stereocenters. The average Bonchev–Trinajstić information content (AvgIpc) is 2.31. The van der Waals surface area contributed by atoms with Gasteiger partial charge < -0.3 is 10.4 Å². The smallest absolute Gasteiger partial charge is 0.323 e. The molecule has 0 aromatic heterocycles. The van der Waals surface area contributed by atoms with Crippen molar-refractivity contribution in [2.75, 3.05) is 19.6 Å². The van der Waals surface area contributed by atoms with E-state index in [2.05, 4.69) is 19.2 Å². The predicted octanol–water partition coefficient (Wildman–Crippen LogP) is 1.48. The number of carboxylic acid groups (broad SMARTS) is 1. The standard InChI is InChI=1S/C14H26N2O3/c1-11(2)6-8-15-12(17)10-16-9-5-4-7-14(16,3)13(18)19/h11H,4-10H2,1-3H3,(H,15,17)(H,18,19). The van der Waals surface area contributed by atoms with Crippen molar-refractivity contribution in [1.82, 2.24) is 10.2 Å². The van der Waals surface area contributed by atoms with E-state index in [0.717, 1.165) is 19.3 Å². The molecular formula is C14H26N2O3. The van der Waals surface area contributed by atoms with Gasteiger partial charge in [-0.25, -0.2) is 0 Å². The lowest BCUT2D eigenvalue weighted by molar-refractivity contribution is -0.153. The van der Waals surface area contributed by atoms with E-state index in [-0.39, 0.29) is 12.5 Å². The van der Waals surface area contributed by atoms with Gasteiger partial charge in [-0.3, -0.25) is 14.5 Å². The first kappa shape index (κ1) is 16.0. The van der Waals surface area contributed by atoms with Gasteiger partial charge in [0.1, 0.15) is 5.54 Å². The molecular weight excluding hydrogens is 244 g/mol. The number of amides is 1. The minimum Gasteiger partial charge on any atom is -0.480 e. The molecule has 1 aliphatic heterocycles. The Balaban J connectivity index is 2.49. The van der Waals surface area contributed by atoms with Gasteiger partial charge in [-0.05, 0) is 45.1 Å². The highest BCUT2D eigenvalue weighted by molar-refractivity contribution is 5.82. The Morgan fingerprint density at radius 3 is 2.63 bits per heavy atom. The first-order chi connectivity index (χ1) is 8.86. The molecule has 0 radical (unpaired) electrons. The summed E-state index contributed by atoms with van der Waals surface area (Å²) in [5.41, 5.74) is -0.895. The molecule has 2 N–H and O–H groups in total. The maximum absolute atomic E-state index is 11.9. The fraction of sp³-hybridized carbons (Fsp3) is 0.857. The van der Waals surface area contributed by atoms with E-state index in [1.807, 2.05) is 0 Å². The van der Waals surface area contributed by atoms with Crippen molar-refractivity contribution in [3.63, 3.8) is 0 Å². The number of piperidine rings is 1. The second kappa shape index (κ2) is 6.89. The van der Waals surface area contributed by atoms with Crippen molar-refractivity contribution in [1.29, 1.82) is 0 Å². The Bertz CT molecular complexity index is 331. The molecule has 1 rings (SSSR count). The average molecular weight is 270 g/mol. The van der Waals surface area contributed by atoms with Gasteiger partial charge in [-0.2, -0.15) is 0 Å². The molecule has 0 spiro atoms. The molecule has 0 aromatic rings. The topological polar surface area (TPSA) is 69.6 Å². The van der Waals surface area contributed by atoms with Gasteiger partial charge in [-0.15, -0.1) is 0 Å². The maximum atomic E-state index is 11.9. The zero-order valence-corrected chi connectivity index (χ0v) is 12.2. The number of nitrogens with one attached hydrogen (secondary N) is 1. The predicted molar refractivity (Wildman–Crippen MR) is 73.9 cm³/mol. The van der Waals surface area contributed by atoms with Crippen molar-refractivity contribution < 1.29 is 14.7 Å². The van der Waals surface area contributed by atoms with Gasteiger partial charge in [0.2, 0.25) is 5.91 Å². The molecule has 1 unspecified atom stereocenters. The van der Waals surface area contributed by atoms with Crippen LogP contribution >= 0.6 is 0 Å². The van der Waals surface area contributed by atoms with Gasteiger partial charge in [0.15, 0.2) is 0 Å². The lowest BCUT2D eigenvalue weighted by atomic mass is 9.88. The molecule has 1 amide bonds. The Morgan fingerprint density at radius 1 is 1.37 bits per heavy atom. The maximum Gasteiger partial charge on any atom is 0.323 e. The highest BCUT2D eigenvalue weighted by atomic mass is 16.4. The van der Waals surface area contributed by atoms with Crippen LogP contribution in [-0.4, -0.2) is 47.1 Å². The van der Waals surface area contributed by atoms with Crippen LogP contribution in [0.1, 0.15) is 46.5 Å². The van der Waals surface area contributed by atoms with E-state index in [1.165, 1.54) is 0 Å². The van der Waals surface area contributed by atoms with E-state index >= 15 is 0 Å². The highest BCUT2D eigenvalue weighted by Crippen LogP contribution is 2.27. The lowest BCUT2D eigenvalue weighted by Gasteiger charge is -2.41. The molecule has 19 heavy (non-hydrogen) atoms. The Hall–Kier alpha value is -1.10. The van der Waals surface area contributed by atoms with Crippen LogP contribution in [-0.2, 0) is 9.59 Å². The number of carbonyl (C=O) groups is 2. The molecule has 0 aliphatic carbocycles. The van der Waals surface area contributed by atoms with Crippen LogP contribution < -0.4 is 5.32 Å². The number of hydrogen-bond donors (Lipinski definition) is 2. The molecule has 1 aliphatic rings. The van der Waals surface area contributed by atoms with Gasteiger partial charge in [0.25, 0.3) is 0 Å². The second-order valence-corrected chi connectivity index (χ2v) is 5.99. The first-order valence-corrected chi connectivity index (χ1v) is 7.11. The van der Waals surface area contributed by atoms with Gasteiger partial charge in [0, 0.05) is 6.54 Å². The minimum atomic E-state index is -0.895. The fourth-order valence-corrected chi connectivity index (χ4v) is 2.40. The third-order valence-corrected chi connectivity index (χ3v) is 3.88. The largest absolute Gasteiger partial charge is 0.480 e. The number of aliphatic carboxylic acids is 1. The van der Waals surface area contributed by atoms with Crippen molar-refractivity contribution in [2.45, 2.75) is 52.0 Å². The lowest BCUT2D eigenvalue weighted by Crippen LogP contribution is -2.57. The summed E-state index contributed by atoms with van der Waals surface area (Å²) < 4.78 is 0. The van der Waals surface area contributed by atoms with Crippen LogP contribution in [0.4, 0.5) is 0 Å². The summed E-state index contributed by atoms with van der Waals surface area (Å²) in [6.45, 7) is 7.46. The Kier molecular flexibility index (Phi) is 5.79. The molecule has 5 heteroatoms. The molecule has 0 aromatic carbocycles. The summed E-state index contributed by atoms with van der Waals surface area (Å²) in [4.78, 5) is 25.1. The monoisotopic (exact) mass is 270 g/mol. The fourth-order valence-electron chi connectivity index (χ4n) is 2.40. The van der Waals surface area contributed by atoms with Crippen LogP contribution in [0.25, 0.3) is 0 Å². The number of hydrogen-bond acceptors (Lipinski definition) is 3. The van der Waals surface area contributed by atoms with Gasteiger partial charge in [-0.1, -0.05) is 13.8 Å². The normalized spacial score (nSPS) is 24.4. The van der Waals surface area contributed by atoms with Crippen LogP contribution in [0.15, 0.2) is 0 Å². The first-order valence-electron chi connectivity index (χ1n) is 7.11. The number of likely N-dealkylation sites (tertiary alicyclic amines) is 1. The van der Waals surface area contributed by atoms with E-state index in [0.29, 0.717) is 25.4 Å². The summed E-state index contributed by atoms with van der Waals surface area (Å²) in [5.74, 6) is -0.350. The summed E-state index contributed by atoms with van der Waals surface area (Å²) in [7, 11) is 0. The molecule has 1 fully saturated rings. The summed E-state index contributed by atoms with van der Waals surface area (Å²) in [6.07, 6.45) is 3.43. The van der Waals surface area contributed by atoms with E-state index in [1.54, 1.807) is 11.8 Å². The van der Waals surface area contributed by atoms with Crippen molar-refractivity contribution in [2.24, 2.45) is 5.92 Å². The molecule has 0 saturated carbocycles. The molecule has 1 saturated heterocycles. The molecule has 1 heterocycles. The van der Waals surface area contributed by atoms with Crippen molar-refractivity contribution >= 4 is 11.9 Å². The Morgan fingerprint density at radius 2 is 2.05 bits per heavy atom. The third-order valence-electron chi connectivity index (χ3n) is 3.88. The SMILES string of the molecule is CC(C)CCNC(=O)CN1CCCCC1(C)C(=O)O. The number of carboxylic acids is 1. The quantitative estimate of drug-likeness (QED) is 0.767. The van der Waals surface area contributed by atoms with Gasteiger partial charge in [0.05, 0.1) is 6.54 Å². The number of carbonyl (C=O) groups excluding carboxylic acids is 1. The van der Waals surface area contributed by atoms with Crippen molar-refractivity contribution in [3.05, 3.63) is 0 Å². The summed E-state index contributed by atoms with van der Waals surface area (Å²) in [5, 5.41) is 12.2. The van der Waals surface area contributed by atoms with Crippen LogP contribution in [0.5, 0.6) is 0 Å². The van der Waals surface area contributed by atoms with Crippen LogP contribution in [0.2, 0.25) is 0 Å². The molecule has 110 valence electrons. The van der Waals surface area contributed by atoms with Crippen LogP contribution in [0.3, 0.4) is 0 Å². The van der Waals surface area contributed by atoms with Gasteiger partial charge >= 0.3 is 5.97 Å². The second-order valence-electron chi connectivity index (χ2n) is 5.99. The summed E-state index contributed by atoms with van der Waals surface area (Å²) in [6, 6.07) is 0. The zero-order valence-electron chi connectivity index (χ0n) is 12.2. The number of rotatable bonds is 6. The van der Waals surface area contributed by atoms with Crippen molar-refractivity contribution in [3.8, 4) is 0 Å².